The maximum atomic E-state index is 12.6. The van der Waals surface area contributed by atoms with Gasteiger partial charge in [0.1, 0.15) is 0 Å². The van der Waals surface area contributed by atoms with Crippen molar-refractivity contribution in [1.29, 1.82) is 0 Å². The summed E-state index contributed by atoms with van der Waals surface area (Å²) in [6.07, 6.45) is 6.46. The number of piperidine rings is 2. The predicted molar refractivity (Wildman–Crippen MR) is 99.0 cm³/mol. The zero-order chi connectivity index (χ0) is 18.4. The molecule has 3 rings (SSSR count). The monoisotopic (exact) mass is 364 g/mol. The van der Waals surface area contributed by atoms with Crippen molar-refractivity contribution < 1.29 is 14.4 Å². The molecule has 3 saturated heterocycles. The van der Waals surface area contributed by atoms with Crippen LogP contribution in [0.5, 0.6) is 0 Å². The molecule has 0 aromatic heterocycles. The molecule has 26 heavy (non-hydrogen) atoms. The van der Waals surface area contributed by atoms with Gasteiger partial charge in [0.05, 0.1) is 0 Å². The summed E-state index contributed by atoms with van der Waals surface area (Å²) < 4.78 is 0. The topological polar surface area (TPSA) is 65.1 Å². The molecule has 7 nitrogen and oxygen atoms in total. The number of hydroxylamine groups is 2. The first-order chi connectivity index (χ1) is 12.7. The molecule has 0 spiro atoms. The molecule has 3 heterocycles. The second-order valence-corrected chi connectivity index (χ2v) is 7.53. The van der Waals surface area contributed by atoms with Crippen LogP contribution < -0.4 is 5.32 Å². The van der Waals surface area contributed by atoms with Crippen molar-refractivity contribution >= 4 is 11.9 Å². The van der Waals surface area contributed by atoms with E-state index in [1.807, 2.05) is 10.8 Å². The fourth-order valence-electron chi connectivity index (χ4n) is 4.43. The number of nitrogens with zero attached hydrogens (tertiary/aromatic N) is 3. The van der Waals surface area contributed by atoms with Crippen LogP contribution in [-0.2, 0) is 14.4 Å². The Morgan fingerprint density at radius 2 is 1.81 bits per heavy atom. The first-order valence-electron chi connectivity index (χ1n) is 10.2. The molecule has 1 unspecified atom stereocenters. The smallest absolute Gasteiger partial charge is 0.362 e. The lowest BCUT2D eigenvalue weighted by molar-refractivity contribution is -0.196. The standard InChI is InChI=1S/C19H32N4O3/c1-2-16-5-3-4-10-23(16)18(15-24)19(25)26-22-13-11-21(12-14-22)17-6-8-20-9-7-17/h16-17,20H,2-14H2,1H3. The van der Waals surface area contributed by atoms with Crippen molar-refractivity contribution in [2.75, 3.05) is 45.8 Å². The quantitative estimate of drug-likeness (QED) is 0.572. The summed E-state index contributed by atoms with van der Waals surface area (Å²) in [4.78, 5) is 34.0. The van der Waals surface area contributed by atoms with Gasteiger partial charge in [-0.05, 0) is 51.6 Å². The van der Waals surface area contributed by atoms with Gasteiger partial charge in [0.2, 0.25) is 5.70 Å². The zero-order valence-electron chi connectivity index (χ0n) is 15.9. The van der Waals surface area contributed by atoms with Gasteiger partial charge in [-0.2, -0.15) is 0 Å². The van der Waals surface area contributed by atoms with Crippen molar-refractivity contribution in [3.05, 3.63) is 5.70 Å². The number of nitrogens with one attached hydrogen (secondary N) is 1. The van der Waals surface area contributed by atoms with Crippen LogP contribution in [0.4, 0.5) is 0 Å². The number of hydrogen-bond acceptors (Lipinski definition) is 7. The average molecular weight is 364 g/mol. The number of hydrogen-bond donors (Lipinski definition) is 1. The summed E-state index contributed by atoms with van der Waals surface area (Å²) in [5.41, 5.74) is 0.0670. The summed E-state index contributed by atoms with van der Waals surface area (Å²) in [5, 5.41) is 5.11. The number of piperazine rings is 1. The SMILES string of the molecule is CCC1CCCCN1C(=C=O)C(=O)ON1CCN(C2CCNCC2)CC1. The Balaban J connectivity index is 1.50. The molecule has 0 aliphatic carbocycles. The van der Waals surface area contributed by atoms with Crippen LogP contribution >= 0.6 is 0 Å². The Morgan fingerprint density at radius 1 is 1.08 bits per heavy atom. The predicted octanol–water partition coefficient (Wildman–Crippen LogP) is 0.794. The van der Waals surface area contributed by atoms with Gasteiger partial charge in [0.15, 0.2) is 5.94 Å². The van der Waals surface area contributed by atoms with Crippen LogP contribution in [0.2, 0.25) is 0 Å². The normalized spacial score (nSPS) is 26.3. The van der Waals surface area contributed by atoms with E-state index < -0.39 is 5.97 Å². The second kappa shape index (κ2) is 9.51. The van der Waals surface area contributed by atoms with Crippen LogP contribution in [0.15, 0.2) is 5.70 Å². The third kappa shape index (κ3) is 4.65. The van der Waals surface area contributed by atoms with E-state index in [0.29, 0.717) is 19.1 Å². The van der Waals surface area contributed by atoms with Crippen molar-refractivity contribution in [3.63, 3.8) is 0 Å². The summed E-state index contributed by atoms with van der Waals surface area (Å²) in [6.45, 7) is 8.19. The van der Waals surface area contributed by atoms with Crippen LogP contribution in [-0.4, -0.2) is 84.7 Å². The summed E-state index contributed by atoms with van der Waals surface area (Å²) in [6, 6.07) is 0.878. The van der Waals surface area contributed by atoms with E-state index in [-0.39, 0.29) is 11.7 Å². The molecule has 0 aromatic rings. The minimum atomic E-state index is -0.546. The molecule has 0 aromatic carbocycles. The largest absolute Gasteiger partial charge is 0.385 e. The molecule has 3 fully saturated rings. The maximum absolute atomic E-state index is 12.6. The van der Waals surface area contributed by atoms with Gasteiger partial charge in [-0.15, -0.1) is 5.06 Å². The number of likely N-dealkylation sites (tertiary alicyclic amines) is 1. The highest BCUT2D eigenvalue weighted by Crippen LogP contribution is 2.23. The van der Waals surface area contributed by atoms with E-state index in [1.165, 1.54) is 12.8 Å². The molecule has 1 N–H and O–H groups in total. The van der Waals surface area contributed by atoms with Gasteiger partial charge in [-0.3, -0.25) is 4.90 Å². The van der Waals surface area contributed by atoms with Crippen LogP contribution in [0, 0.1) is 0 Å². The van der Waals surface area contributed by atoms with Crippen molar-refractivity contribution in [3.8, 4) is 0 Å². The lowest BCUT2D eigenvalue weighted by Crippen LogP contribution is -2.53. The molecule has 0 radical (unpaired) electrons. The molecule has 3 aliphatic rings. The minimum Gasteiger partial charge on any atom is -0.362 e. The molecule has 0 amide bonds. The number of carbonyl (C=O) groups is 1. The van der Waals surface area contributed by atoms with E-state index in [1.54, 1.807) is 5.06 Å². The first-order valence-corrected chi connectivity index (χ1v) is 10.2. The third-order valence-electron chi connectivity index (χ3n) is 5.99. The van der Waals surface area contributed by atoms with Crippen molar-refractivity contribution in [2.45, 2.75) is 57.5 Å². The summed E-state index contributed by atoms with van der Waals surface area (Å²) in [5.74, 6) is 1.31. The van der Waals surface area contributed by atoms with E-state index >= 15 is 0 Å². The van der Waals surface area contributed by atoms with E-state index in [2.05, 4.69) is 17.1 Å². The maximum Gasteiger partial charge on any atom is 0.385 e. The van der Waals surface area contributed by atoms with E-state index in [9.17, 15) is 9.59 Å². The Labute approximate surface area is 156 Å². The lowest BCUT2D eigenvalue weighted by Gasteiger charge is -2.40. The molecule has 0 saturated carbocycles. The highest BCUT2D eigenvalue weighted by atomic mass is 16.7. The molecule has 3 aliphatic heterocycles. The Hall–Kier alpha value is -1.40. The molecule has 0 bridgehead atoms. The average Bonchev–Trinajstić information content (AvgIpc) is 2.70. The fraction of sp³-hybridized carbons (Fsp3) is 0.842. The van der Waals surface area contributed by atoms with Gasteiger partial charge in [-0.25, -0.2) is 9.59 Å². The second-order valence-electron chi connectivity index (χ2n) is 7.53. The molecule has 146 valence electrons. The molecular formula is C19H32N4O3. The van der Waals surface area contributed by atoms with Gasteiger partial charge < -0.3 is 15.1 Å². The minimum absolute atomic E-state index is 0.0670. The van der Waals surface area contributed by atoms with Gasteiger partial charge in [0.25, 0.3) is 0 Å². The number of carbonyl (C=O) groups excluding carboxylic acids is 2. The Kier molecular flexibility index (Phi) is 7.08. The van der Waals surface area contributed by atoms with Crippen molar-refractivity contribution in [1.82, 2.24) is 20.2 Å². The van der Waals surface area contributed by atoms with E-state index in [4.69, 9.17) is 4.84 Å². The fourth-order valence-corrected chi connectivity index (χ4v) is 4.43. The Morgan fingerprint density at radius 3 is 2.46 bits per heavy atom. The van der Waals surface area contributed by atoms with Gasteiger partial charge >= 0.3 is 5.97 Å². The third-order valence-corrected chi connectivity index (χ3v) is 5.99. The molecule has 7 heteroatoms. The van der Waals surface area contributed by atoms with Crippen LogP contribution in [0.25, 0.3) is 0 Å². The number of rotatable bonds is 5. The Bertz CT molecular complexity index is 521. The van der Waals surface area contributed by atoms with E-state index in [0.717, 1.165) is 58.4 Å². The molecule has 1 atom stereocenters. The van der Waals surface area contributed by atoms with Crippen LogP contribution in [0.3, 0.4) is 0 Å². The summed E-state index contributed by atoms with van der Waals surface area (Å²) >= 11 is 0. The molecular weight excluding hydrogens is 332 g/mol. The van der Waals surface area contributed by atoms with Gasteiger partial charge in [0, 0.05) is 44.8 Å². The summed E-state index contributed by atoms with van der Waals surface area (Å²) in [7, 11) is 0. The highest BCUT2D eigenvalue weighted by molar-refractivity contribution is 5.96. The van der Waals surface area contributed by atoms with Crippen LogP contribution in [0.1, 0.15) is 45.4 Å². The highest BCUT2D eigenvalue weighted by Gasteiger charge is 2.31. The van der Waals surface area contributed by atoms with Crippen molar-refractivity contribution in [2.24, 2.45) is 0 Å². The first kappa shape index (κ1) is 19.4. The van der Waals surface area contributed by atoms with Gasteiger partial charge in [-0.1, -0.05) is 6.92 Å². The lowest BCUT2D eigenvalue weighted by atomic mass is 9.99. The zero-order valence-corrected chi connectivity index (χ0v) is 15.9.